The van der Waals surface area contributed by atoms with E-state index >= 15 is 0 Å². The molecule has 0 aliphatic carbocycles. The second-order valence-electron chi connectivity index (χ2n) is 2.92. The van der Waals surface area contributed by atoms with Crippen molar-refractivity contribution in [2.45, 2.75) is 25.7 Å². The van der Waals surface area contributed by atoms with Crippen molar-refractivity contribution in [3.63, 3.8) is 0 Å². The molecule has 0 aromatic heterocycles. The van der Waals surface area contributed by atoms with Gasteiger partial charge in [0.25, 0.3) is 0 Å². The molecule has 0 aromatic rings. The van der Waals surface area contributed by atoms with Gasteiger partial charge in [-0.25, -0.2) is 0 Å². The lowest BCUT2D eigenvalue weighted by molar-refractivity contribution is -0.130. The summed E-state index contributed by atoms with van der Waals surface area (Å²) in [5.74, 6) is 1.10. The van der Waals surface area contributed by atoms with Crippen LogP contribution in [-0.4, -0.2) is 29.6 Å². The van der Waals surface area contributed by atoms with Crippen molar-refractivity contribution in [1.29, 1.82) is 0 Å². The maximum atomic E-state index is 11.3. The fraction of sp³-hybridized carbons (Fsp3) is 0.875. The molecule has 1 aliphatic rings. The van der Waals surface area contributed by atoms with Gasteiger partial charge in [0.2, 0.25) is 5.91 Å². The third kappa shape index (κ3) is 2.73. The maximum absolute atomic E-state index is 11.3. The van der Waals surface area contributed by atoms with Gasteiger partial charge < -0.3 is 4.90 Å². The normalized spacial score (nSPS) is 20.1. The zero-order valence-corrected chi connectivity index (χ0v) is 7.65. The van der Waals surface area contributed by atoms with Crippen LogP contribution in [0.25, 0.3) is 0 Å². The Hall–Kier alpha value is -0.180. The summed E-state index contributed by atoms with van der Waals surface area (Å²) in [6.45, 7) is 1.77. The lowest BCUT2D eigenvalue weighted by Crippen LogP contribution is -2.31. The van der Waals surface area contributed by atoms with Gasteiger partial charge in [0.05, 0.1) is 0 Å². The Labute approximate surface area is 73.4 Å². The van der Waals surface area contributed by atoms with E-state index in [-0.39, 0.29) is 0 Å². The van der Waals surface area contributed by atoms with E-state index in [0.29, 0.717) is 5.91 Å². The van der Waals surface area contributed by atoms with Crippen molar-refractivity contribution in [3.05, 3.63) is 0 Å². The smallest absolute Gasteiger partial charge is 0.222 e. The molecule has 0 bridgehead atoms. The summed E-state index contributed by atoms with van der Waals surface area (Å²) < 4.78 is 0. The Balaban J connectivity index is 2.39. The number of nitrogens with zero attached hydrogens (tertiary/aromatic N) is 1. The number of thiol groups is 1. The number of carbonyl (C=O) groups is 1. The minimum absolute atomic E-state index is 0.316. The standard InChI is InChI=1S/C8H15NOS/c10-8-4-2-1-3-5-9(8)6-7-11/h11H,1-7H2. The van der Waals surface area contributed by atoms with Gasteiger partial charge in [0.1, 0.15) is 0 Å². The van der Waals surface area contributed by atoms with Crippen LogP contribution in [0.1, 0.15) is 25.7 Å². The monoisotopic (exact) mass is 173 g/mol. The molecule has 0 saturated carbocycles. The van der Waals surface area contributed by atoms with Gasteiger partial charge in [-0.05, 0) is 12.8 Å². The van der Waals surface area contributed by atoms with E-state index in [2.05, 4.69) is 12.6 Å². The third-order valence-electron chi connectivity index (χ3n) is 2.04. The van der Waals surface area contributed by atoms with Crippen LogP contribution in [0.3, 0.4) is 0 Å². The quantitative estimate of drug-likeness (QED) is 0.624. The van der Waals surface area contributed by atoms with Crippen molar-refractivity contribution < 1.29 is 4.79 Å². The molecule has 1 aliphatic heterocycles. The van der Waals surface area contributed by atoms with Crippen LogP contribution in [0, 0.1) is 0 Å². The van der Waals surface area contributed by atoms with Gasteiger partial charge in [-0.15, -0.1) is 0 Å². The molecule has 3 heteroatoms. The first-order valence-corrected chi connectivity index (χ1v) is 4.86. The Bertz CT molecular complexity index is 138. The van der Waals surface area contributed by atoms with Crippen LogP contribution in [0.2, 0.25) is 0 Å². The van der Waals surface area contributed by atoms with Gasteiger partial charge in [-0.2, -0.15) is 12.6 Å². The molecule has 0 radical (unpaired) electrons. The first-order chi connectivity index (χ1) is 5.34. The number of rotatable bonds is 2. The highest BCUT2D eigenvalue weighted by Crippen LogP contribution is 2.10. The fourth-order valence-corrected chi connectivity index (χ4v) is 1.64. The Kier molecular flexibility index (Phi) is 3.77. The van der Waals surface area contributed by atoms with Gasteiger partial charge in [-0.3, -0.25) is 4.79 Å². The molecule has 1 rings (SSSR count). The van der Waals surface area contributed by atoms with Crippen molar-refractivity contribution in [3.8, 4) is 0 Å². The molecule has 1 saturated heterocycles. The molecule has 1 heterocycles. The summed E-state index contributed by atoms with van der Waals surface area (Å²) in [5.41, 5.74) is 0. The van der Waals surface area contributed by atoms with Crippen molar-refractivity contribution in [1.82, 2.24) is 4.90 Å². The SMILES string of the molecule is O=C1CCCCCN1CCS. The summed E-state index contributed by atoms with van der Waals surface area (Å²) in [5, 5.41) is 0. The van der Waals surface area contributed by atoms with E-state index in [1.165, 1.54) is 12.8 Å². The van der Waals surface area contributed by atoms with E-state index in [1.54, 1.807) is 0 Å². The zero-order chi connectivity index (χ0) is 8.10. The molecule has 1 fully saturated rings. The van der Waals surface area contributed by atoms with Crippen LogP contribution in [0.4, 0.5) is 0 Å². The molecule has 0 atom stereocenters. The molecule has 64 valence electrons. The van der Waals surface area contributed by atoms with Crippen LogP contribution in [-0.2, 0) is 4.79 Å². The summed E-state index contributed by atoms with van der Waals surface area (Å²) in [4.78, 5) is 13.2. The number of hydrogen-bond acceptors (Lipinski definition) is 2. The third-order valence-corrected chi connectivity index (χ3v) is 2.24. The summed E-state index contributed by atoms with van der Waals surface area (Å²) in [6.07, 6.45) is 4.18. The molecule has 11 heavy (non-hydrogen) atoms. The van der Waals surface area contributed by atoms with Gasteiger partial charge in [0, 0.05) is 25.3 Å². The van der Waals surface area contributed by atoms with E-state index in [4.69, 9.17) is 0 Å². The first-order valence-electron chi connectivity index (χ1n) is 4.23. The van der Waals surface area contributed by atoms with Crippen molar-refractivity contribution in [2.75, 3.05) is 18.8 Å². The number of hydrogen-bond donors (Lipinski definition) is 1. The zero-order valence-electron chi connectivity index (χ0n) is 6.75. The topological polar surface area (TPSA) is 20.3 Å². The second kappa shape index (κ2) is 4.65. The Morgan fingerprint density at radius 2 is 2.18 bits per heavy atom. The second-order valence-corrected chi connectivity index (χ2v) is 3.36. The van der Waals surface area contributed by atoms with Crippen LogP contribution < -0.4 is 0 Å². The van der Waals surface area contributed by atoms with Crippen LogP contribution >= 0.6 is 12.6 Å². The van der Waals surface area contributed by atoms with Gasteiger partial charge >= 0.3 is 0 Å². The molecule has 0 unspecified atom stereocenters. The van der Waals surface area contributed by atoms with E-state index in [0.717, 1.165) is 31.7 Å². The van der Waals surface area contributed by atoms with Gasteiger partial charge in [0.15, 0.2) is 0 Å². The molecule has 1 amide bonds. The Morgan fingerprint density at radius 1 is 1.36 bits per heavy atom. The maximum Gasteiger partial charge on any atom is 0.222 e. The largest absolute Gasteiger partial charge is 0.342 e. The predicted molar refractivity (Wildman–Crippen MR) is 48.9 cm³/mol. The minimum Gasteiger partial charge on any atom is -0.342 e. The van der Waals surface area contributed by atoms with Crippen molar-refractivity contribution >= 4 is 18.5 Å². The Morgan fingerprint density at radius 3 is 2.91 bits per heavy atom. The average Bonchev–Trinajstić information content (AvgIpc) is 2.18. The molecule has 0 spiro atoms. The van der Waals surface area contributed by atoms with Crippen LogP contribution in [0.5, 0.6) is 0 Å². The summed E-state index contributed by atoms with van der Waals surface area (Å²) in [7, 11) is 0. The number of carbonyl (C=O) groups excluding carboxylic acids is 1. The minimum atomic E-state index is 0.316. The predicted octanol–water partition coefficient (Wildman–Crippen LogP) is 1.32. The summed E-state index contributed by atoms with van der Waals surface area (Å²) >= 11 is 4.11. The fourth-order valence-electron chi connectivity index (χ4n) is 1.40. The van der Waals surface area contributed by atoms with Crippen LogP contribution in [0.15, 0.2) is 0 Å². The number of amides is 1. The molecule has 0 aromatic carbocycles. The highest BCUT2D eigenvalue weighted by atomic mass is 32.1. The number of likely N-dealkylation sites (tertiary alicyclic amines) is 1. The van der Waals surface area contributed by atoms with E-state index in [9.17, 15) is 4.79 Å². The molecule has 2 nitrogen and oxygen atoms in total. The highest BCUT2D eigenvalue weighted by Gasteiger charge is 2.14. The molecule has 0 N–H and O–H groups in total. The van der Waals surface area contributed by atoms with E-state index in [1.807, 2.05) is 4.90 Å². The highest BCUT2D eigenvalue weighted by molar-refractivity contribution is 7.80. The molecular formula is C8H15NOS. The van der Waals surface area contributed by atoms with Crippen molar-refractivity contribution in [2.24, 2.45) is 0 Å². The van der Waals surface area contributed by atoms with Gasteiger partial charge in [-0.1, -0.05) is 6.42 Å². The van der Waals surface area contributed by atoms with E-state index < -0.39 is 0 Å². The first kappa shape index (κ1) is 8.91. The average molecular weight is 173 g/mol. The summed E-state index contributed by atoms with van der Waals surface area (Å²) in [6, 6.07) is 0. The lowest BCUT2D eigenvalue weighted by atomic mass is 10.2. The lowest BCUT2D eigenvalue weighted by Gasteiger charge is -2.18. The molecular weight excluding hydrogens is 158 g/mol.